The van der Waals surface area contributed by atoms with E-state index < -0.39 is 14.5 Å². The molecule has 0 radical (unpaired) electrons. The Hall–Kier alpha value is -6.15. The molecule has 0 N–H and O–H groups in total. The number of likely N-dealkylation sites (N-methyl/N-ethyl adjacent to an activating group) is 4. The van der Waals surface area contributed by atoms with Gasteiger partial charge in [-0.15, -0.1) is 39.9 Å². The van der Waals surface area contributed by atoms with Gasteiger partial charge in [-0.05, 0) is 65.5 Å². The van der Waals surface area contributed by atoms with Crippen LogP contribution in [0.2, 0.25) is 0 Å². The number of aromatic nitrogens is 12. The number of quaternary nitrogens is 2. The van der Waals surface area contributed by atoms with Crippen LogP contribution < -0.4 is 46.9 Å². The molecule has 464 valence electrons. The lowest BCUT2D eigenvalue weighted by atomic mass is 10.1. The second-order valence-corrected chi connectivity index (χ2v) is 19.2. The average molecular weight is 1180 g/mol. The largest absolute Gasteiger partial charge is 0.673 e. The first-order valence-corrected chi connectivity index (χ1v) is 27.8. The van der Waals surface area contributed by atoms with Crippen LogP contribution in [0.3, 0.4) is 0 Å². The molecule has 2 aliphatic heterocycles. The van der Waals surface area contributed by atoms with E-state index in [0.717, 1.165) is 77.5 Å². The van der Waals surface area contributed by atoms with E-state index in [2.05, 4.69) is 57.9 Å². The van der Waals surface area contributed by atoms with E-state index in [1.165, 1.54) is 0 Å². The smallest absolute Gasteiger partial charge is 0.463 e. The van der Waals surface area contributed by atoms with Crippen molar-refractivity contribution in [2.75, 3.05) is 120 Å². The fourth-order valence-corrected chi connectivity index (χ4v) is 7.53. The van der Waals surface area contributed by atoms with Crippen molar-refractivity contribution in [3.8, 4) is 48.1 Å². The lowest BCUT2D eigenvalue weighted by molar-refractivity contribution is 0.102. The molecule has 0 aromatic carbocycles. The summed E-state index contributed by atoms with van der Waals surface area (Å²) in [6.45, 7) is 24.9. The third-order valence-corrected chi connectivity index (χ3v) is 11.6. The monoisotopic (exact) mass is 1180 g/mol. The Bertz CT molecular complexity index is 2200. The van der Waals surface area contributed by atoms with Crippen molar-refractivity contribution in [2.24, 2.45) is 0 Å². The molecule has 0 amide bonds. The molecule has 6 heterocycles. The van der Waals surface area contributed by atoms with Crippen molar-refractivity contribution in [3.05, 3.63) is 11.6 Å². The number of rotatable bonds is 28. The van der Waals surface area contributed by atoms with E-state index in [1.807, 2.05) is 55.4 Å². The summed E-state index contributed by atoms with van der Waals surface area (Å²) in [5.41, 5.74) is 0. The first kappa shape index (κ1) is 70.1. The van der Waals surface area contributed by atoms with Gasteiger partial charge in [-0.1, -0.05) is 55.4 Å². The summed E-state index contributed by atoms with van der Waals surface area (Å²) in [5.74, 6) is 2.24. The zero-order valence-electron chi connectivity index (χ0n) is 49.3. The Kier molecular flexibility index (Phi) is 30.0. The molecule has 0 spiro atoms. The van der Waals surface area contributed by atoms with Gasteiger partial charge in [0.25, 0.3) is 0 Å². The number of hydrogen-bond donors (Lipinski definition) is 0. The SMILES string of the molecule is CCCOc1nc(OCCC)nc(C2CN(C)CC[N+]2(C)c2nc(OCCC)nc(OCCC)n2)n1.CCCOc1nc(OCCC)nc(C2CN(C)CC[N+]2(C)c2nc(OCCC)nc(OCCC)n2)n1.F[B-](F)(F)F.F[B-](F)(F)F. The minimum atomic E-state index is -6.00. The molecule has 4 unspecified atom stereocenters. The number of ether oxygens (including phenoxy) is 8. The third kappa shape index (κ3) is 24.7. The first-order chi connectivity index (χ1) is 38.9. The summed E-state index contributed by atoms with van der Waals surface area (Å²) in [6.07, 6.45) is 6.76. The van der Waals surface area contributed by atoms with Crippen molar-refractivity contribution < 1.29 is 72.4 Å². The Morgan fingerprint density at radius 1 is 0.354 bits per heavy atom. The highest BCUT2D eigenvalue weighted by atomic mass is 19.5. The molecule has 82 heavy (non-hydrogen) atoms. The lowest BCUT2D eigenvalue weighted by Crippen LogP contribution is -2.60. The summed E-state index contributed by atoms with van der Waals surface area (Å²) < 4.78 is 125. The first-order valence-electron chi connectivity index (χ1n) is 27.8. The van der Waals surface area contributed by atoms with Gasteiger partial charge in [0.1, 0.15) is 0 Å². The molecular weight excluding hydrogens is 1100 g/mol. The maximum atomic E-state index is 9.75. The molecule has 2 aliphatic rings. The van der Waals surface area contributed by atoms with Gasteiger partial charge in [0, 0.05) is 13.1 Å². The maximum Gasteiger partial charge on any atom is 0.673 e. The van der Waals surface area contributed by atoms with Gasteiger partial charge in [-0.2, -0.15) is 19.9 Å². The van der Waals surface area contributed by atoms with Crippen molar-refractivity contribution >= 4 is 26.4 Å². The van der Waals surface area contributed by atoms with Crippen LogP contribution >= 0.6 is 0 Å². The van der Waals surface area contributed by atoms with Crippen LogP contribution in [0.4, 0.5) is 46.4 Å². The molecule has 24 nitrogen and oxygen atoms in total. The van der Waals surface area contributed by atoms with Crippen molar-refractivity contribution in [1.82, 2.24) is 78.6 Å². The summed E-state index contributed by atoms with van der Waals surface area (Å²) in [7, 11) is -3.66. The van der Waals surface area contributed by atoms with Crippen molar-refractivity contribution in [1.29, 1.82) is 0 Å². The van der Waals surface area contributed by atoms with Crippen LogP contribution in [-0.2, 0) is 0 Å². The fourth-order valence-electron chi connectivity index (χ4n) is 7.53. The highest BCUT2D eigenvalue weighted by molar-refractivity contribution is 6.50. The highest BCUT2D eigenvalue weighted by Gasteiger charge is 2.48. The van der Waals surface area contributed by atoms with Crippen LogP contribution in [0.1, 0.15) is 130 Å². The van der Waals surface area contributed by atoms with Crippen molar-refractivity contribution in [2.45, 2.75) is 119 Å². The van der Waals surface area contributed by atoms with Gasteiger partial charge < -0.3 is 72.4 Å². The second kappa shape index (κ2) is 35.1. The molecule has 2 saturated heterocycles. The van der Waals surface area contributed by atoms with E-state index in [9.17, 15) is 34.5 Å². The Labute approximate surface area is 475 Å². The quantitative estimate of drug-likeness (QED) is 0.0295. The van der Waals surface area contributed by atoms with Gasteiger partial charge in [-0.3, -0.25) is 9.80 Å². The minimum Gasteiger partial charge on any atom is -0.463 e. The van der Waals surface area contributed by atoms with E-state index >= 15 is 0 Å². The van der Waals surface area contributed by atoms with Gasteiger partial charge in [0.05, 0.1) is 93.1 Å². The molecule has 34 heteroatoms. The number of piperazine rings is 2. The number of halogens is 8. The zero-order valence-corrected chi connectivity index (χ0v) is 49.3. The standard InChI is InChI=1S/2C24H41N8O4.2BF4/c2*1-7-13-33-21-25-19(26-22(29-21)34-14-8-2)18-17-31(5)11-12-32(18,6)20-27-23(35-15-9-3)30-24(28-20)36-16-10-4;2*2-1(3,4)5/h2*18H,7-17H2,1-6H3;;/q2*+1;2*-1. The van der Waals surface area contributed by atoms with Crippen LogP contribution in [0.5, 0.6) is 48.1 Å². The molecule has 0 saturated carbocycles. The summed E-state index contributed by atoms with van der Waals surface area (Å²) >= 11 is 0. The van der Waals surface area contributed by atoms with Gasteiger partial charge in [-0.25, -0.2) is 8.97 Å². The minimum absolute atomic E-state index is 0.208. The number of nitrogens with zero attached hydrogens (tertiary/aromatic N) is 16. The average Bonchev–Trinajstić information content (AvgIpc) is 3.14. The van der Waals surface area contributed by atoms with Gasteiger partial charge in [0.15, 0.2) is 23.7 Å². The second-order valence-electron chi connectivity index (χ2n) is 19.2. The molecule has 0 bridgehead atoms. The third-order valence-electron chi connectivity index (χ3n) is 11.6. The van der Waals surface area contributed by atoms with Crippen LogP contribution in [0.25, 0.3) is 0 Å². The molecule has 4 aromatic heterocycles. The molecule has 0 aliphatic carbocycles. The maximum absolute atomic E-state index is 9.75. The van der Waals surface area contributed by atoms with Gasteiger partial charge >= 0.3 is 74.5 Å². The normalized spacial score (nSPS) is 19.2. The van der Waals surface area contributed by atoms with Crippen LogP contribution in [0, 0.1) is 0 Å². The highest BCUT2D eigenvalue weighted by Crippen LogP contribution is 2.37. The summed E-state index contributed by atoms with van der Waals surface area (Å²) in [6, 6.07) is 1.70. The van der Waals surface area contributed by atoms with Crippen molar-refractivity contribution in [3.63, 3.8) is 0 Å². The Morgan fingerprint density at radius 2 is 0.537 bits per heavy atom. The predicted octanol–water partition coefficient (Wildman–Crippen LogP) is 8.27. The van der Waals surface area contributed by atoms with E-state index in [-0.39, 0.29) is 60.2 Å². The fraction of sp³-hybridized carbons (Fsp3) is 0.750. The summed E-state index contributed by atoms with van der Waals surface area (Å²) in [4.78, 5) is 59.7. The molecule has 2 fully saturated rings. The Balaban J connectivity index is 0.000000369. The van der Waals surface area contributed by atoms with Gasteiger partial charge in [0.2, 0.25) is 0 Å². The predicted molar refractivity (Wildman–Crippen MR) is 292 cm³/mol. The number of hydrogen-bond acceptors (Lipinski definition) is 22. The van der Waals surface area contributed by atoms with E-state index in [1.54, 1.807) is 0 Å². The topological polar surface area (TPSA) is 235 Å². The van der Waals surface area contributed by atoms with E-state index in [0.29, 0.717) is 98.5 Å². The molecule has 6 rings (SSSR count). The molecular formula is C48H82B2F8N16O8. The van der Waals surface area contributed by atoms with E-state index in [4.69, 9.17) is 77.8 Å². The Morgan fingerprint density at radius 3 is 0.720 bits per heavy atom. The molecule has 4 atom stereocenters. The zero-order chi connectivity index (χ0) is 60.9. The lowest BCUT2D eigenvalue weighted by Gasteiger charge is -2.44. The molecule has 4 aromatic rings. The summed E-state index contributed by atoms with van der Waals surface area (Å²) in [5, 5.41) is 0. The van der Waals surface area contributed by atoms with Crippen LogP contribution in [-0.4, -0.2) is 204 Å². The van der Waals surface area contributed by atoms with Crippen LogP contribution in [0.15, 0.2) is 0 Å².